The summed E-state index contributed by atoms with van der Waals surface area (Å²) in [4.78, 5) is 2.35. The van der Waals surface area contributed by atoms with Crippen molar-refractivity contribution in [1.29, 1.82) is 0 Å². The molecule has 2 atom stereocenters. The Balaban J connectivity index is 2.30. The van der Waals surface area contributed by atoms with E-state index in [9.17, 15) is 0 Å². The van der Waals surface area contributed by atoms with Gasteiger partial charge in [-0.3, -0.25) is 0 Å². The van der Waals surface area contributed by atoms with Crippen LogP contribution in [0.2, 0.25) is 0 Å². The van der Waals surface area contributed by atoms with Crippen molar-refractivity contribution in [3.63, 3.8) is 0 Å². The minimum Gasteiger partial charge on any atom is -0.377 e. The lowest BCUT2D eigenvalue weighted by Gasteiger charge is -2.26. The highest BCUT2D eigenvalue weighted by Gasteiger charge is 2.25. The molecule has 1 fully saturated rings. The summed E-state index contributed by atoms with van der Waals surface area (Å²) in [5, 5.41) is 0. The van der Waals surface area contributed by atoms with E-state index in [0.29, 0.717) is 12.1 Å². The number of hydrogen-bond donors (Lipinski definition) is 0. The second-order valence-electron chi connectivity index (χ2n) is 4.21. The van der Waals surface area contributed by atoms with Gasteiger partial charge >= 0.3 is 0 Å². The van der Waals surface area contributed by atoms with Gasteiger partial charge in [0.15, 0.2) is 0 Å². The van der Waals surface area contributed by atoms with E-state index >= 15 is 0 Å². The molecule has 2 heteroatoms. The first kappa shape index (κ1) is 10.0. The quantitative estimate of drug-likeness (QED) is 0.641. The minimum atomic E-state index is 0.470. The van der Waals surface area contributed by atoms with Crippen LogP contribution in [-0.4, -0.2) is 37.2 Å². The lowest BCUT2D eigenvalue weighted by molar-refractivity contribution is 0.0571. The van der Waals surface area contributed by atoms with E-state index in [1.165, 1.54) is 6.42 Å². The molecule has 1 rings (SSSR count). The summed E-state index contributed by atoms with van der Waals surface area (Å²) in [7, 11) is 2.17. The molecule has 72 valence electrons. The summed E-state index contributed by atoms with van der Waals surface area (Å²) in [5.41, 5.74) is 0. The zero-order valence-corrected chi connectivity index (χ0v) is 8.71. The Morgan fingerprint density at radius 3 is 2.58 bits per heavy atom. The molecule has 0 amide bonds. The summed E-state index contributed by atoms with van der Waals surface area (Å²) in [6.07, 6.45) is 1.70. The Bertz CT molecular complexity index is 136. The molecule has 0 radical (unpaired) electrons. The van der Waals surface area contributed by atoms with E-state index < -0.39 is 0 Å². The van der Waals surface area contributed by atoms with Crippen LogP contribution in [0.3, 0.4) is 0 Å². The third kappa shape index (κ3) is 2.46. The summed E-state index contributed by atoms with van der Waals surface area (Å²) in [5.74, 6) is 0.742. The van der Waals surface area contributed by atoms with E-state index in [2.05, 4.69) is 32.7 Å². The summed E-state index contributed by atoms with van der Waals surface area (Å²) < 4.78 is 5.64. The Morgan fingerprint density at radius 2 is 2.17 bits per heavy atom. The predicted octanol–water partition coefficient (Wildman–Crippen LogP) is 1.75. The highest BCUT2D eigenvalue weighted by Crippen LogP contribution is 2.20. The summed E-state index contributed by atoms with van der Waals surface area (Å²) >= 11 is 0. The molecule has 1 unspecified atom stereocenters. The Hall–Kier alpha value is -0.0800. The molecule has 0 spiro atoms. The molecule has 0 aromatic heterocycles. The lowest BCUT2D eigenvalue weighted by Crippen LogP contribution is -2.36. The van der Waals surface area contributed by atoms with Crippen molar-refractivity contribution >= 4 is 0 Å². The number of rotatable bonds is 3. The second kappa shape index (κ2) is 4.24. The first-order valence-corrected chi connectivity index (χ1v) is 4.93. The van der Waals surface area contributed by atoms with E-state index in [4.69, 9.17) is 4.74 Å². The monoisotopic (exact) mass is 171 g/mol. The normalized spacial score (nSPS) is 30.5. The van der Waals surface area contributed by atoms with E-state index in [0.717, 1.165) is 19.1 Å². The zero-order valence-electron chi connectivity index (χ0n) is 8.71. The highest BCUT2D eigenvalue weighted by atomic mass is 16.5. The molecule has 1 saturated heterocycles. The topological polar surface area (TPSA) is 12.5 Å². The van der Waals surface area contributed by atoms with Gasteiger partial charge in [-0.25, -0.2) is 0 Å². The van der Waals surface area contributed by atoms with Crippen LogP contribution in [0.4, 0.5) is 0 Å². The SMILES string of the molecule is CC(C)N(C)CC1OCC[C@@H]1C. The number of likely N-dealkylation sites (N-methyl/N-ethyl adjacent to an activating group) is 1. The maximum Gasteiger partial charge on any atom is 0.0728 e. The third-order valence-corrected chi connectivity index (χ3v) is 2.89. The molecule has 0 aromatic carbocycles. The van der Waals surface area contributed by atoms with Gasteiger partial charge in [0.05, 0.1) is 6.10 Å². The Morgan fingerprint density at radius 1 is 1.50 bits per heavy atom. The van der Waals surface area contributed by atoms with Gasteiger partial charge in [-0.05, 0) is 33.2 Å². The number of hydrogen-bond acceptors (Lipinski definition) is 2. The molecule has 1 aliphatic rings. The van der Waals surface area contributed by atoms with Crippen molar-refractivity contribution in [3.05, 3.63) is 0 Å². The molecule has 0 aliphatic carbocycles. The fourth-order valence-electron chi connectivity index (χ4n) is 1.48. The van der Waals surface area contributed by atoms with E-state index in [-0.39, 0.29) is 0 Å². The largest absolute Gasteiger partial charge is 0.377 e. The van der Waals surface area contributed by atoms with Crippen LogP contribution in [0.25, 0.3) is 0 Å². The van der Waals surface area contributed by atoms with Crippen molar-refractivity contribution in [1.82, 2.24) is 4.90 Å². The summed E-state index contributed by atoms with van der Waals surface area (Å²) in [6.45, 7) is 8.77. The zero-order chi connectivity index (χ0) is 9.14. The minimum absolute atomic E-state index is 0.470. The fourth-order valence-corrected chi connectivity index (χ4v) is 1.48. The molecule has 0 aromatic rings. The Kier molecular flexibility index (Phi) is 3.53. The van der Waals surface area contributed by atoms with E-state index in [1.54, 1.807) is 0 Å². The molecular formula is C10H21NO. The van der Waals surface area contributed by atoms with Crippen molar-refractivity contribution in [2.45, 2.75) is 39.3 Å². The van der Waals surface area contributed by atoms with Crippen LogP contribution in [0.5, 0.6) is 0 Å². The number of nitrogens with zero attached hydrogens (tertiary/aromatic N) is 1. The highest BCUT2D eigenvalue weighted by molar-refractivity contribution is 4.76. The summed E-state index contributed by atoms with van der Waals surface area (Å²) in [6, 6.07) is 0.626. The van der Waals surface area contributed by atoms with Gasteiger partial charge in [0.2, 0.25) is 0 Å². The standard InChI is InChI=1S/C10H21NO/c1-8(2)11(4)7-10-9(3)5-6-12-10/h8-10H,5-7H2,1-4H3/t9-,10?/m0/s1. The Labute approximate surface area is 75.9 Å². The molecule has 0 saturated carbocycles. The fraction of sp³-hybridized carbons (Fsp3) is 1.00. The van der Waals surface area contributed by atoms with Crippen LogP contribution in [0.15, 0.2) is 0 Å². The molecule has 1 aliphatic heterocycles. The van der Waals surface area contributed by atoms with Gasteiger partial charge in [-0.1, -0.05) is 6.92 Å². The predicted molar refractivity (Wildman–Crippen MR) is 51.3 cm³/mol. The van der Waals surface area contributed by atoms with Crippen LogP contribution in [-0.2, 0) is 4.74 Å². The van der Waals surface area contributed by atoms with Crippen LogP contribution in [0, 0.1) is 5.92 Å². The first-order chi connectivity index (χ1) is 5.61. The molecule has 2 nitrogen and oxygen atoms in total. The van der Waals surface area contributed by atoms with Crippen LogP contribution < -0.4 is 0 Å². The maximum absolute atomic E-state index is 5.64. The third-order valence-electron chi connectivity index (χ3n) is 2.89. The van der Waals surface area contributed by atoms with Crippen molar-refractivity contribution in [3.8, 4) is 0 Å². The van der Waals surface area contributed by atoms with Gasteiger partial charge in [0, 0.05) is 19.2 Å². The van der Waals surface area contributed by atoms with Gasteiger partial charge in [0.1, 0.15) is 0 Å². The average Bonchev–Trinajstić information content (AvgIpc) is 2.36. The van der Waals surface area contributed by atoms with E-state index in [1.807, 2.05) is 0 Å². The molecule has 1 heterocycles. The van der Waals surface area contributed by atoms with Crippen molar-refractivity contribution < 1.29 is 4.74 Å². The average molecular weight is 171 g/mol. The van der Waals surface area contributed by atoms with Gasteiger partial charge in [-0.15, -0.1) is 0 Å². The smallest absolute Gasteiger partial charge is 0.0728 e. The molecular weight excluding hydrogens is 150 g/mol. The maximum atomic E-state index is 5.64. The van der Waals surface area contributed by atoms with Crippen LogP contribution >= 0.6 is 0 Å². The van der Waals surface area contributed by atoms with Gasteiger partial charge in [-0.2, -0.15) is 0 Å². The lowest BCUT2D eigenvalue weighted by atomic mass is 10.0. The first-order valence-electron chi connectivity index (χ1n) is 4.93. The van der Waals surface area contributed by atoms with Gasteiger partial charge in [0.25, 0.3) is 0 Å². The second-order valence-corrected chi connectivity index (χ2v) is 4.21. The van der Waals surface area contributed by atoms with Crippen molar-refractivity contribution in [2.24, 2.45) is 5.92 Å². The van der Waals surface area contributed by atoms with Crippen molar-refractivity contribution in [2.75, 3.05) is 20.2 Å². The molecule has 12 heavy (non-hydrogen) atoms. The molecule has 0 bridgehead atoms. The van der Waals surface area contributed by atoms with Crippen LogP contribution in [0.1, 0.15) is 27.2 Å². The van der Waals surface area contributed by atoms with Gasteiger partial charge < -0.3 is 9.64 Å². The molecule has 0 N–H and O–H groups in total. The number of ether oxygens (including phenoxy) is 1.